The first kappa shape index (κ1) is 58.9. The molecule has 1 heterocycles. The third-order valence-corrected chi connectivity index (χ3v) is 28.1. The molecule has 12 nitrogen and oxygen atoms in total. The van der Waals surface area contributed by atoms with E-state index in [0.717, 1.165) is 38.7 Å². The van der Waals surface area contributed by atoms with Gasteiger partial charge in [-0.15, -0.1) is 0 Å². The van der Waals surface area contributed by atoms with Crippen LogP contribution in [0.15, 0.2) is 0 Å². The molecule has 340 valence electrons. The van der Waals surface area contributed by atoms with E-state index in [0.29, 0.717) is 65.4 Å². The summed E-state index contributed by atoms with van der Waals surface area (Å²) in [5.41, 5.74) is 5.06. The van der Waals surface area contributed by atoms with Crippen LogP contribution in [0.5, 0.6) is 0 Å². The van der Waals surface area contributed by atoms with Gasteiger partial charge < -0.3 is 58.3 Å². The number of aliphatic hydroxyl groups is 3. The summed E-state index contributed by atoms with van der Waals surface area (Å²) in [6.45, 7) is 40.8. The fraction of sp³-hybridized carbons (Fsp3) is 1.00. The predicted molar refractivity (Wildman–Crippen MR) is 252 cm³/mol. The Morgan fingerprint density at radius 3 is 1.43 bits per heavy atom. The number of hydrogen-bond donors (Lipinski definition) is 5. The molecule has 1 fully saturated rings. The first-order valence-electron chi connectivity index (χ1n) is 21.4. The Kier molecular flexibility index (Phi) is 33.3. The molecular formula is C38H94N2O10Si6. The molecule has 0 aromatic carbocycles. The molecule has 0 saturated carbocycles. The van der Waals surface area contributed by atoms with Crippen LogP contribution in [0.4, 0.5) is 0 Å². The van der Waals surface area contributed by atoms with E-state index < -0.39 is 55.5 Å². The Morgan fingerprint density at radius 2 is 1.02 bits per heavy atom. The van der Waals surface area contributed by atoms with Crippen LogP contribution in [0.2, 0.25) is 128 Å². The molecule has 2 unspecified atom stereocenters. The minimum Gasteiger partial charge on any atom is -0.456 e. The van der Waals surface area contributed by atoms with Crippen LogP contribution in [-0.4, -0.2) is 169 Å². The van der Waals surface area contributed by atoms with Crippen molar-refractivity contribution in [2.75, 3.05) is 92.3 Å². The summed E-state index contributed by atoms with van der Waals surface area (Å²) in [6, 6.07) is 7.68. The van der Waals surface area contributed by atoms with Crippen molar-refractivity contribution in [2.24, 2.45) is 5.73 Å². The molecule has 1 aliphatic heterocycles. The van der Waals surface area contributed by atoms with Crippen LogP contribution in [0.3, 0.4) is 0 Å². The molecule has 1 saturated heterocycles. The van der Waals surface area contributed by atoms with Gasteiger partial charge in [-0.25, -0.2) is 0 Å². The molecule has 0 bridgehead atoms. The highest BCUT2D eigenvalue weighted by Gasteiger charge is 2.35. The molecule has 0 radical (unpaired) electrons. The lowest BCUT2D eigenvalue weighted by Crippen LogP contribution is -2.45. The second-order valence-corrected chi connectivity index (χ2v) is 48.9. The van der Waals surface area contributed by atoms with Crippen LogP contribution in [0.25, 0.3) is 0 Å². The van der Waals surface area contributed by atoms with Gasteiger partial charge in [0.2, 0.25) is 0 Å². The summed E-state index contributed by atoms with van der Waals surface area (Å²) in [4.78, 5) is 0. The number of rotatable bonds is 33. The van der Waals surface area contributed by atoms with E-state index in [9.17, 15) is 5.11 Å². The van der Waals surface area contributed by atoms with Gasteiger partial charge in [-0.2, -0.15) is 0 Å². The molecule has 0 amide bonds. The Hall–Kier alpha value is 0.821. The average Bonchev–Trinajstić information content (AvgIpc) is 3.88. The van der Waals surface area contributed by atoms with E-state index in [4.69, 9.17) is 47.9 Å². The van der Waals surface area contributed by atoms with Crippen molar-refractivity contribution < 1.29 is 47.2 Å². The van der Waals surface area contributed by atoms with Crippen molar-refractivity contribution in [3.63, 3.8) is 0 Å². The second-order valence-electron chi connectivity index (χ2n) is 20.0. The third kappa shape index (κ3) is 44.4. The zero-order valence-electron chi connectivity index (χ0n) is 39.0. The zero-order chi connectivity index (χ0) is 43.4. The van der Waals surface area contributed by atoms with Crippen LogP contribution in [0, 0.1) is 0 Å². The fourth-order valence-corrected chi connectivity index (χ4v) is 32.1. The first-order chi connectivity index (χ1) is 25.8. The van der Waals surface area contributed by atoms with Crippen molar-refractivity contribution in [1.82, 2.24) is 5.32 Å². The van der Waals surface area contributed by atoms with Crippen molar-refractivity contribution >= 4 is 49.4 Å². The molecule has 0 spiro atoms. The number of nitrogens with two attached hydrogens (primary N) is 1. The second kappa shape index (κ2) is 31.6. The Morgan fingerprint density at radius 1 is 0.589 bits per heavy atom. The maximum Gasteiger partial charge on any atom is 0.173 e. The van der Waals surface area contributed by atoms with Gasteiger partial charge in [-0.3, -0.25) is 0 Å². The van der Waals surface area contributed by atoms with Gasteiger partial charge in [0.25, 0.3) is 0 Å². The Balaban J connectivity index is 0. The maximum absolute atomic E-state index is 9.91. The summed E-state index contributed by atoms with van der Waals surface area (Å²) in [6.07, 6.45) is 2.00. The lowest BCUT2D eigenvalue weighted by molar-refractivity contribution is 0.0352. The topological polar surface area (TPSA) is 167 Å². The highest BCUT2D eigenvalue weighted by molar-refractivity contribution is 6.87. The minimum absolute atomic E-state index is 0.0410. The summed E-state index contributed by atoms with van der Waals surface area (Å²) in [7, 11) is -8.21. The molecule has 0 aliphatic carbocycles. The van der Waals surface area contributed by atoms with Crippen LogP contribution < -0.4 is 11.1 Å². The molecule has 56 heavy (non-hydrogen) atoms. The van der Waals surface area contributed by atoms with E-state index >= 15 is 0 Å². The highest BCUT2D eigenvalue weighted by atomic mass is 28.4. The number of epoxide rings is 1. The predicted octanol–water partition coefficient (Wildman–Crippen LogP) is 6.63. The molecule has 1 rings (SSSR count). The standard InChI is InChI=1S/C19H47NO5Si3.C15H36O3Si3.C4H11NO2/c1-26(2,3)15-16-28(6,7)25-27(4,5)14-8-11-24-18-19(22)17-20-9-12-23-13-10-21;1-19(2,3)11-12-21(6,7)18-20(4,5)10-8-9-16-13-15-14-17-15;5-1-3-7-4-2-6/h19-22H,8-18H2,1-7H3;15H,8-14H2,1-7H3;6H,1-5H2. The lowest BCUT2D eigenvalue weighted by Gasteiger charge is -2.35. The first-order valence-corrected chi connectivity index (χ1v) is 41.3. The van der Waals surface area contributed by atoms with Crippen molar-refractivity contribution in [3.05, 3.63) is 0 Å². The SMILES string of the molecule is C[Si](C)(C)CC[Si](C)(C)O[Si](C)(C)CCCOCC(O)CNCCOCCO.C[Si](C)(C)CC[Si](C)(C)O[Si](C)(C)CCCOCC1CO1.NCCOCCO. The average molecular weight is 908 g/mol. The molecule has 2 atom stereocenters. The molecule has 1 aliphatic rings. The molecular weight excluding hydrogens is 813 g/mol. The van der Waals surface area contributed by atoms with Gasteiger partial charge >= 0.3 is 0 Å². The lowest BCUT2D eigenvalue weighted by atomic mass is 10.4. The molecule has 6 N–H and O–H groups in total. The monoisotopic (exact) mass is 907 g/mol. The Labute approximate surface area is 351 Å². The van der Waals surface area contributed by atoms with Gasteiger partial charge in [-0.05, 0) is 89.4 Å². The van der Waals surface area contributed by atoms with E-state index in [1.165, 1.54) is 30.2 Å². The smallest absolute Gasteiger partial charge is 0.173 e. The van der Waals surface area contributed by atoms with Crippen LogP contribution >= 0.6 is 0 Å². The minimum atomic E-state index is -1.66. The third-order valence-electron chi connectivity index (χ3n) is 8.75. The van der Waals surface area contributed by atoms with Crippen molar-refractivity contribution in [2.45, 2.75) is 153 Å². The van der Waals surface area contributed by atoms with Crippen LogP contribution in [0.1, 0.15) is 12.8 Å². The number of hydrogen-bond acceptors (Lipinski definition) is 12. The highest BCUT2D eigenvalue weighted by Crippen LogP contribution is 2.28. The van der Waals surface area contributed by atoms with Gasteiger partial charge in [0.15, 0.2) is 33.3 Å². The quantitative estimate of drug-likeness (QED) is 0.0272. The number of aliphatic hydroxyl groups excluding tert-OH is 3. The normalized spacial score (nSPS) is 15.9. The molecule has 0 aromatic heterocycles. The summed E-state index contributed by atoms with van der Waals surface area (Å²) < 4.78 is 39.7. The van der Waals surface area contributed by atoms with Gasteiger partial charge in [0, 0.05) is 49.0 Å². The van der Waals surface area contributed by atoms with Crippen molar-refractivity contribution in [3.8, 4) is 0 Å². The maximum atomic E-state index is 9.91. The summed E-state index contributed by atoms with van der Waals surface area (Å²) >= 11 is 0. The van der Waals surface area contributed by atoms with Gasteiger partial charge in [0.1, 0.15) is 6.10 Å². The number of nitrogens with one attached hydrogen (secondary N) is 1. The summed E-state index contributed by atoms with van der Waals surface area (Å²) in [5, 5.41) is 29.8. The van der Waals surface area contributed by atoms with Crippen molar-refractivity contribution in [1.29, 1.82) is 0 Å². The fourth-order valence-electron chi connectivity index (χ4n) is 5.74. The van der Waals surface area contributed by atoms with E-state index in [1.54, 1.807) is 0 Å². The van der Waals surface area contributed by atoms with Gasteiger partial charge in [0.05, 0.1) is 65.6 Å². The van der Waals surface area contributed by atoms with E-state index in [1.807, 2.05) is 0 Å². The van der Waals surface area contributed by atoms with Crippen LogP contribution in [-0.2, 0) is 31.9 Å². The molecule has 0 aromatic rings. The van der Waals surface area contributed by atoms with Gasteiger partial charge in [-0.1, -0.05) is 51.4 Å². The molecule has 18 heteroatoms. The van der Waals surface area contributed by atoms with E-state index in [-0.39, 0.29) is 13.2 Å². The van der Waals surface area contributed by atoms with E-state index in [2.05, 4.69) is 97.0 Å². The zero-order valence-corrected chi connectivity index (χ0v) is 45.0. The Bertz CT molecular complexity index is 921. The largest absolute Gasteiger partial charge is 0.456 e. The summed E-state index contributed by atoms with van der Waals surface area (Å²) in [5.74, 6) is 0. The number of ether oxygens (including phenoxy) is 5.